The lowest BCUT2D eigenvalue weighted by Gasteiger charge is -2.30. The third-order valence-corrected chi connectivity index (χ3v) is 5.60. The van der Waals surface area contributed by atoms with Gasteiger partial charge in [-0.05, 0) is 32.4 Å². The summed E-state index contributed by atoms with van der Waals surface area (Å²) in [6.07, 6.45) is 4.91. The maximum Gasteiger partial charge on any atom is 0.272 e. The second-order valence-electron chi connectivity index (χ2n) is 8.40. The first-order chi connectivity index (χ1) is 17.4. The number of nitrogens with zero attached hydrogens (tertiary/aromatic N) is 4. The quantitative estimate of drug-likeness (QED) is 0.287. The Kier molecular flexibility index (Phi) is 10.5. The zero-order chi connectivity index (χ0) is 27.8. The average molecular weight is 521 g/mol. The normalized spacial score (nSPS) is 12.4. The SMILES string of the molecule is CCC#C/C=C(/CC)N(C)c1ncc(F)cc1C(=O)N(CC)C(C)COc1ncc(C(C)(F)F)cc1F. The monoisotopic (exact) mass is 520 g/mol. The van der Waals surface area contributed by atoms with Crippen molar-refractivity contribution in [1.82, 2.24) is 14.9 Å². The van der Waals surface area contributed by atoms with E-state index in [9.17, 15) is 22.4 Å². The summed E-state index contributed by atoms with van der Waals surface area (Å²) in [5.41, 5.74) is 0.251. The van der Waals surface area contributed by atoms with Gasteiger partial charge in [0.1, 0.15) is 18.2 Å². The Bertz CT molecular complexity index is 1190. The molecule has 0 radical (unpaired) electrons. The molecule has 1 amide bonds. The number of alkyl halides is 2. The molecule has 2 rings (SSSR count). The zero-order valence-corrected chi connectivity index (χ0v) is 21.9. The highest BCUT2D eigenvalue weighted by Crippen LogP contribution is 2.29. The number of ether oxygens (including phenoxy) is 1. The highest BCUT2D eigenvalue weighted by molar-refractivity contribution is 5.99. The molecule has 0 fully saturated rings. The lowest BCUT2D eigenvalue weighted by Crippen LogP contribution is -2.42. The van der Waals surface area contributed by atoms with Crippen molar-refractivity contribution in [1.29, 1.82) is 0 Å². The van der Waals surface area contributed by atoms with Crippen molar-refractivity contribution in [2.45, 2.75) is 59.4 Å². The molecule has 10 heteroatoms. The Morgan fingerprint density at radius 1 is 1.19 bits per heavy atom. The summed E-state index contributed by atoms with van der Waals surface area (Å²) in [5.74, 6) is 0.251. The summed E-state index contributed by atoms with van der Waals surface area (Å²) in [4.78, 5) is 24.4. The lowest BCUT2D eigenvalue weighted by molar-refractivity contribution is 0.0165. The Labute approximate surface area is 215 Å². The Morgan fingerprint density at radius 2 is 1.89 bits per heavy atom. The molecule has 0 aliphatic rings. The smallest absolute Gasteiger partial charge is 0.272 e. The molecule has 6 nitrogen and oxygen atoms in total. The van der Waals surface area contributed by atoms with Crippen molar-refractivity contribution in [3.63, 3.8) is 0 Å². The van der Waals surface area contributed by atoms with Crippen molar-refractivity contribution in [3.8, 4) is 17.7 Å². The highest BCUT2D eigenvalue weighted by atomic mass is 19.3. The van der Waals surface area contributed by atoms with E-state index in [1.54, 1.807) is 31.9 Å². The van der Waals surface area contributed by atoms with E-state index in [0.29, 0.717) is 25.8 Å². The van der Waals surface area contributed by atoms with Crippen molar-refractivity contribution in [2.24, 2.45) is 0 Å². The van der Waals surface area contributed by atoms with Crippen LogP contribution in [0.15, 0.2) is 36.3 Å². The fourth-order valence-electron chi connectivity index (χ4n) is 3.54. The van der Waals surface area contributed by atoms with Gasteiger partial charge >= 0.3 is 0 Å². The number of aromatic nitrogens is 2. The topological polar surface area (TPSA) is 58.6 Å². The van der Waals surface area contributed by atoms with Crippen LogP contribution in [0.4, 0.5) is 23.4 Å². The maximum atomic E-state index is 14.3. The molecule has 200 valence electrons. The van der Waals surface area contributed by atoms with E-state index in [0.717, 1.165) is 24.2 Å². The molecule has 0 N–H and O–H groups in total. The molecule has 2 heterocycles. The van der Waals surface area contributed by atoms with Crippen LogP contribution in [0.5, 0.6) is 5.88 Å². The first-order valence-electron chi connectivity index (χ1n) is 12.0. The Hall–Kier alpha value is -3.61. The molecule has 1 atom stereocenters. The van der Waals surface area contributed by atoms with Gasteiger partial charge in [-0.25, -0.2) is 27.5 Å². The number of hydrogen-bond donors (Lipinski definition) is 0. The molecular formula is C27H32F4N4O2. The van der Waals surface area contributed by atoms with E-state index >= 15 is 0 Å². The van der Waals surface area contributed by atoms with Gasteiger partial charge in [0, 0.05) is 50.5 Å². The Balaban J connectivity index is 2.29. The summed E-state index contributed by atoms with van der Waals surface area (Å²) in [5, 5.41) is 0. The molecule has 0 aromatic carbocycles. The number of halogens is 4. The van der Waals surface area contributed by atoms with Gasteiger partial charge < -0.3 is 14.5 Å². The van der Waals surface area contributed by atoms with E-state index in [1.807, 2.05) is 13.8 Å². The van der Waals surface area contributed by atoms with Gasteiger partial charge in [-0.3, -0.25) is 4.79 Å². The molecule has 0 spiro atoms. The summed E-state index contributed by atoms with van der Waals surface area (Å²) in [7, 11) is 1.72. The number of rotatable bonds is 10. The summed E-state index contributed by atoms with van der Waals surface area (Å²) < 4.78 is 60.7. The van der Waals surface area contributed by atoms with Gasteiger partial charge in [0.2, 0.25) is 5.88 Å². The van der Waals surface area contributed by atoms with Gasteiger partial charge in [0.05, 0.1) is 17.8 Å². The minimum absolute atomic E-state index is 0.0397. The predicted octanol–water partition coefficient (Wildman–Crippen LogP) is 5.94. The number of anilines is 1. The molecule has 0 bridgehead atoms. The lowest BCUT2D eigenvalue weighted by atomic mass is 10.1. The van der Waals surface area contributed by atoms with Crippen LogP contribution in [0.25, 0.3) is 0 Å². The maximum absolute atomic E-state index is 14.3. The van der Waals surface area contributed by atoms with Crippen LogP contribution in [-0.4, -0.2) is 47.0 Å². The molecule has 37 heavy (non-hydrogen) atoms. The van der Waals surface area contributed by atoms with Gasteiger partial charge in [-0.1, -0.05) is 25.7 Å². The van der Waals surface area contributed by atoms with Crippen molar-refractivity contribution < 1.29 is 27.1 Å². The van der Waals surface area contributed by atoms with E-state index < -0.39 is 40.9 Å². The van der Waals surface area contributed by atoms with E-state index in [4.69, 9.17) is 4.74 Å². The van der Waals surface area contributed by atoms with Crippen molar-refractivity contribution >= 4 is 11.7 Å². The van der Waals surface area contributed by atoms with Crippen LogP contribution in [-0.2, 0) is 5.92 Å². The number of pyridine rings is 2. The summed E-state index contributed by atoms with van der Waals surface area (Å²) in [6, 6.07) is 1.19. The first kappa shape index (κ1) is 29.6. The first-order valence-corrected chi connectivity index (χ1v) is 12.0. The van der Waals surface area contributed by atoms with Gasteiger partial charge in [-0.2, -0.15) is 0 Å². The molecule has 0 saturated heterocycles. The van der Waals surface area contributed by atoms with Crippen LogP contribution in [0, 0.1) is 23.5 Å². The van der Waals surface area contributed by atoms with Crippen LogP contribution in [0.2, 0.25) is 0 Å². The molecule has 2 aromatic rings. The van der Waals surface area contributed by atoms with E-state index in [-0.39, 0.29) is 24.5 Å². The minimum atomic E-state index is -3.25. The number of likely N-dealkylation sites (N-methyl/N-ethyl adjacent to an activating group) is 1. The van der Waals surface area contributed by atoms with Gasteiger partial charge in [0.15, 0.2) is 5.82 Å². The molecule has 2 aromatic heterocycles. The van der Waals surface area contributed by atoms with Gasteiger partial charge in [0.25, 0.3) is 11.8 Å². The second-order valence-corrected chi connectivity index (χ2v) is 8.40. The van der Waals surface area contributed by atoms with Crippen LogP contribution >= 0.6 is 0 Å². The fraction of sp³-hybridized carbons (Fsp3) is 0.444. The second kappa shape index (κ2) is 13.1. The van der Waals surface area contributed by atoms with Crippen LogP contribution in [0.3, 0.4) is 0 Å². The number of hydrogen-bond acceptors (Lipinski definition) is 5. The third-order valence-electron chi connectivity index (χ3n) is 5.60. The molecular weight excluding hydrogens is 488 g/mol. The summed E-state index contributed by atoms with van der Waals surface area (Å²) in [6.45, 7) is 7.97. The number of allylic oxidation sites excluding steroid dienone is 2. The molecule has 0 aliphatic carbocycles. The van der Waals surface area contributed by atoms with Gasteiger partial charge in [-0.15, -0.1) is 0 Å². The molecule has 1 unspecified atom stereocenters. The van der Waals surface area contributed by atoms with E-state index in [1.165, 1.54) is 4.90 Å². The Morgan fingerprint density at radius 3 is 2.46 bits per heavy atom. The van der Waals surface area contributed by atoms with Crippen LogP contribution < -0.4 is 9.64 Å². The number of carbonyl (C=O) groups excluding carboxylic acids is 1. The summed E-state index contributed by atoms with van der Waals surface area (Å²) >= 11 is 0. The molecule has 0 aliphatic heterocycles. The van der Waals surface area contributed by atoms with Crippen LogP contribution in [0.1, 0.15) is 63.4 Å². The highest BCUT2D eigenvalue weighted by Gasteiger charge is 2.28. The largest absolute Gasteiger partial charge is 0.473 e. The number of amides is 1. The standard InChI is InChI=1S/C27H32F4N4O2/c1-7-10-11-12-21(8-2)34(6)24-22(14-20(28)16-32-24)26(36)35(9-3)18(4)17-37-25-23(29)13-19(15-33-25)27(5,30)31/h12-16,18H,7-9,17H2,1-6H3/b21-12-. The average Bonchev–Trinajstić information content (AvgIpc) is 2.85. The zero-order valence-electron chi connectivity index (χ0n) is 21.9. The molecule has 0 saturated carbocycles. The van der Waals surface area contributed by atoms with Crippen molar-refractivity contribution in [2.75, 3.05) is 25.1 Å². The predicted molar refractivity (Wildman–Crippen MR) is 134 cm³/mol. The number of carbonyl (C=O) groups is 1. The van der Waals surface area contributed by atoms with E-state index in [2.05, 4.69) is 21.8 Å². The van der Waals surface area contributed by atoms with Crippen molar-refractivity contribution in [3.05, 3.63) is 59.1 Å². The minimum Gasteiger partial charge on any atom is -0.473 e. The fourth-order valence-corrected chi connectivity index (χ4v) is 3.54. The third kappa shape index (κ3) is 7.68.